The molecule has 0 spiro atoms. The largest absolute Gasteiger partial charge is 0.496 e. The Balaban J connectivity index is 1.41. The number of amides is 1. The van der Waals surface area contributed by atoms with Crippen molar-refractivity contribution in [2.45, 2.75) is 57.1 Å². The van der Waals surface area contributed by atoms with E-state index in [4.69, 9.17) is 9.47 Å². The molecular formula is C27H35FN2O3. The van der Waals surface area contributed by atoms with Crippen molar-refractivity contribution in [3.05, 3.63) is 53.8 Å². The second-order valence-electron chi connectivity index (χ2n) is 9.30. The minimum absolute atomic E-state index is 0.0134. The Kier molecular flexibility index (Phi) is 7.66. The summed E-state index contributed by atoms with van der Waals surface area (Å²) in [5.74, 6) is 0.312. The number of nitrogens with one attached hydrogen (secondary N) is 1. The van der Waals surface area contributed by atoms with Crippen LogP contribution in [0.1, 0.15) is 44.6 Å². The summed E-state index contributed by atoms with van der Waals surface area (Å²) in [6.45, 7) is 5.52. The molecule has 2 fully saturated rings. The summed E-state index contributed by atoms with van der Waals surface area (Å²) in [6.07, 6.45) is 5.90. The third kappa shape index (κ3) is 5.56. The van der Waals surface area contributed by atoms with Crippen molar-refractivity contribution in [3.63, 3.8) is 0 Å². The maximum Gasteiger partial charge on any atom is 0.252 e. The third-order valence-corrected chi connectivity index (χ3v) is 7.06. The Morgan fingerprint density at radius 1 is 1.21 bits per heavy atom. The van der Waals surface area contributed by atoms with Crippen molar-refractivity contribution < 1.29 is 18.7 Å². The fraction of sp³-hybridized carbons (Fsp3) is 0.519. The second kappa shape index (κ2) is 10.7. The molecule has 2 aliphatic heterocycles. The molecule has 2 aromatic carbocycles. The highest BCUT2D eigenvalue weighted by Gasteiger charge is 2.42. The summed E-state index contributed by atoms with van der Waals surface area (Å²) in [7, 11) is 1.58. The third-order valence-electron chi connectivity index (χ3n) is 7.06. The first-order valence-electron chi connectivity index (χ1n) is 12.1. The Hall–Kier alpha value is -2.44. The van der Waals surface area contributed by atoms with Gasteiger partial charge in [0, 0.05) is 37.7 Å². The average molecular weight is 455 g/mol. The first-order chi connectivity index (χ1) is 16.0. The minimum atomic E-state index is -0.814. The molecule has 0 aliphatic carbocycles. The normalized spacial score (nSPS) is 23.4. The summed E-state index contributed by atoms with van der Waals surface area (Å²) in [5, 5.41) is 3.15. The minimum Gasteiger partial charge on any atom is -0.496 e. The molecule has 0 bridgehead atoms. The van der Waals surface area contributed by atoms with E-state index in [2.05, 4.69) is 17.1 Å². The maximum absolute atomic E-state index is 13.8. The number of benzene rings is 2. The van der Waals surface area contributed by atoms with Crippen molar-refractivity contribution in [2.75, 3.05) is 33.4 Å². The summed E-state index contributed by atoms with van der Waals surface area (Å²) in [6, 6.07) is 13.0. The smallest absolute Gasteiger partial charge is 0.252 e. The van der Waals surface area contributed by atoms with Crippen molar-refractivity contribution in [3.8, 4) is 16.9 Å². The van der Waals surface area contributed by atoms with E-state index in [-0.39, 0.29) is 11.7 Å². The van der Waals surface area contributed by atoms with Gasteiger partial charge < -0.3 is 14.8 Å². The van der Waals surface area contributed by atoms with Crippen LogP contribution >= 0.6 is 0 Å². The lowest BCUT2D eigenvalue weighted by molar-refractivity contribution is -0.141. The topological polar surface area (TPSA) is 50.8 Å². The van der Waals surface area contributed by atoms with Gasteiger partial charge in [0.05, 0.1) is 7.11 Å². The highest BCUT2D eigenvalue weighted by Crippen LogP contribution is 2.33. The number of hydrogen-bond donors (Lipinski definition) is 1. The van der Waals surface area contributed by atoms with E-state index in [1.54, 1.807) is 13.2 Å². The predicted octanol–water partition coefficient (Wildman–Crippen LogP) is 4.58. The lowest BCUT2D eigenvalue weighted by atomic mass is 9.89. The molecule has 2 heterocycles. The highest BCUT2D eigenvalue weighted by atomic mass is 19.1. The number of halogens is 1. The predicted molar refractivity (Wildman–Crippen MR) is 128 cm³/mol. The van der Waals surface area contributed by atoms with Gasteiger partial charge in [-0.1, -0.05) is 30.7 Å². The average Bonchev–Trinajstić information content (AvgIpc) is 3.30. The van der Waals surface area contributed by atoms with Crippen molar-refractivity contribution in [2.24, 2.45) is 0 Å². The molecule has 4 rings (SSSR count). The fourth-order valence-corrected chi connectivity index (χ4v) is 5.10. The van der Waals surface area contributed by atoms with Gasteiger partial charge >= 0.3 is 0 Å². The van der Waals surface area contributed by atoms with Crippen LogP contribution in [-0.4, -0.2) is 55.8 Å². The first-order valence-corrected chi connectivity index (χ1v) is 12.1. The van der Waals surface area contributed by atoms with Gasteiger partial charge in [-0.15, -0.1) is 0 Å². The second-order valence-corrected chi connectivity index (χ2v) is 9.30. The number of carbonyl (C=O) groups is 1. The van der Waals surface area contributed by atoms with Crippen LogP contribution in [0.4, 0.5) is 4.39 Å². The Bertz CT molecular complexity index is 941. The van der Waals surface area contributed by atoms with E-state index >= 15 is 0 Å². The molecule has 6 heteroatoms. The molecule has 33 heavy (non-hydrogen) atoms. The molecule has 0 saturated carbocycles. The van der Waals surface area contributed by atoms with Gasteiger partial charge in [-0.3, -0.25) is 9.69 Å². The van der Waals surface area contributed by atoms with E-state index in [0.717, 1.165) is 37.1 Å². The Morgan fingerprint density at radius 3 is 2.73 bits per heavy atom. The summed E-state index contributed by atoms with van der Waals surface area (Å²) in [4.78, 5) is 15.7. The van der Waals surface area contributed by atoms with Gasteiger partial charge in [-0.25, -0.2) is 4.39 Å². The lowest BCUT2D eigenvalue weighted by Crippen LogP contribution is -2.50. The SMILES string of the molecule is COc1ccc(F)cc1-c1ccc(C[C@@]2(C(=O)NCCN3CCCC[C@H]3C)CCCO2)cc1. The van der Waals surface area contributed by atoms with Gasteiger partial charge in [0.1, 0.15) is 11.6 Å². The van der Waals surface area contributed by atoms with Crippen LogP contribution < -0.4 is 10.1 Å². The molecule has 1 N–H and O–H groups in total. The molecule has 178 valence electrons. The number of piperidine rings is 1. The van der Waals surface area contributed by atoms with Crippen molar-refractivity contribution in [1.82, 2.24) is 10.2 Å². The standard InChI is InChI=1S/C27H35FN2O3/c1-20-6-3-4-15-30(20)16-14-29-26(31)27(13-5-17-33-27)19-21-7-9-22(10-8-21)24-18-23(28)11-12-25(24)32-2/h7-12,18,20H,3-6,13-17,19H2,1-2H3,(H,29,31)/t20-,27-/m1/s1. The monoisotopic (exact) mass is 454 g/mol. The summed E-state index contributed by atoms with van der Waals surface area (Å²) < 4.78 is 25.2. The zero-order valence-electron chi connectivity index (χ0n) is 19.7. The van der Waals surface area contributed by atoms with Crippen LogP contribution in [0.15, 0.2) is 42.5 Å². The molecule has 2 aromatic rings. The molecule has 2 aliphatic rings. The number of rotatable bonds is 8. The summed E-state index contributed by atoms with van der Waals surface area (Å²) >= 11 is 0. The van der Waals surface area contributed by atoms with Crippen LogP contribution in [0.5, 0.6) is 5.75 Å². The van der Waals surface area contributed by atoms with Crippen LogP contribution in [0.3, 0.4) is 0 Å². The maximum atomic E-state index is 13.8. The number of ether oxygens (including phenoxy) is 2. The molecule has 5 nitrogen and oxygen atoms in total. The number of methoxy groups -OCH3 is 1. The summed E-state index contributed by atoms with van der Waals surface area (Å²) in [5.41, 5.74) is 1.79. The molecule has 2 atom stereocenters. The van der Waals surface area contributed by atoms with E-state index in [9.17, 15) is 9.18 Å². The van der Waals surface area contributed by atoms with Crippen molar-refractivity contribution >= 4 is 5.91 Å². The molecule has 2 saturated heterocycles. The highest BCUT2D eigenvalue weighted by molar-refractivity contribution is 5.86. The zero-order chi connectivity index (χ0) is 23.3. The number of carbonyl (C=O) groups excluding carboxylic acids is 1. The van der Waals surface area contributed by atoms with Crippen LogP contribution in [0, 0.1) is 5.82 Å². The first kappa shape index (κ1) is 23.7. The molecule has 0 unspecified atom stereocenters. The van der Waals surface area contributed by atoms with Crippen molar-refractivity contribution in [1.29, 1.82) is 0 Å². The lowest BCUT2D eigenvalue weighted by Gasteiger charge is -2.34. The molecule has 0 aromatic heterocycles. The number of nitrogens with zero attached hydrogens (tertiary/aromatic N) is 1. The number of likely N-dealkylation sites (tertiary alicyclic amines) is 1. The number of hydrogen-bond acceptors (Lipinski definition) is 4. The van der Waals surface area contributed by atoms with Gasteiger partial charge in [-0.05, 0) is 68.5 Å². The van der Waals surface area contributed by atoms with E-state index in [0.29, 0.717) is 36.9 Å². The van der Waals surface area contributed by atoms with Gasteiger partial charge in [0.15, 0.2) is 5.60 Å². The zero-order valence-corrected chi connectivity index (χ0v) is 19.7. The molecule has 0 radical (unpaired) electrons. The fourth-order valence-electron chi connectivity index (χ4n) is 5.10. The van der Waals surface area contributed by atoms with Crippen LogP contribution in [0.2, 0.25) is 0 Å². The van der Waals surface area contributed by atoms with Gasteiger partial charge in [-0.2, -0.15) is 0 Å². The van der Waals surface area contributed by atoms with E-state index in [1.165, 1.54) is 31.4 Å². The van der Waals surface area contributed by atoms with Crippen LogP contribution in [-0.2, 0) is 16.0 Å². The van der Waals surface area contributed by atoms with E-state index in [1.807, 2.05) is 24.3 Å². The van der Waals surface area contributed by atoms with E-state index < -0.39 is 5.60 Å². The Morgan fingerprint density at radius 2 is 2.03 bits per heavy atom. The van der Waals surface area contributed by atoms with Gasteiger partial charge in [0.25, 0.3) is 5.91 Å². The quantitative estimate of drug-likeness (QED) is 0.634. The Labute approximate surface area is 196 Å². The van der Waals surface area contributed by atoms with Crippen LogP contribution in [0.25, 0.3) is 11.1 Å². The molecular weight excluding hydrogens is 419 g/mol. The van der Waals surface area contributed by atoms with Gasteiger partial charge in [0.2, 0.25) is 0 Å². The molecule has 1 amide bonds.